The molecule has 1 saturated heterocycles. The van der Waals surface area contributed by atoms with E-state index in [0.717, 1.165) is 32.7 Å². The van der Waals surface area contributed by atoms with Gasteiger partial charge in [-0.25, -0.2) is 4.79 Å². The summed E-state index contributed by atoms with van der Waals surface area (Å²) in [6.07, 6.45) is 0. The van der Waals surface area contributed by atoms with Crippen molar-refractivity contribution in [2.24, 2.45) is 0 Å². The van der Waals surface area contributed by atoms with Gasteiger partial charge in [-0.05, 0) is 31.2 Å². The Hall–Kier alpha value is -2.73. The van der Waals surface area contributed by atoms with Gasteiger partial charge in [0.1, 0.15) is 0 Å². The van der Waals surface area contributed by atoms with Crippen molar-refractivity contribution in [3.63, 3.8) is 0 Å². The van der Waals surface area contributed by atoms with Gasteiger partial charge in [0.2, 0.25) is 0 Å². The minimum Gasteiger partial charge on any atom is -0.465 e. The summed E-state index contributed by atoms with van der Waals surface area (Å²) in [6, 6.07) is 16.0. The molecule has 0 radical (unpaired) electrons. The first-order chi connectivity index (χ1) is 13.1. The van der Waals surface area contributed by atoms with Gasteiger partial charge in [0, 0.05) is 44.5 Å². The van der Waals surface area contributed by atoms with Crippen molar-refractivity contribution in [2.75, 3.05) is 55.8 Å². The van der Waals surface area contributed by atoms with E-state index >= 15 is 0 Å². The van der Waals surface area contributed by atoms with Gasteiger partial charge in [-0.2, -0.15) is 0 Å². The highest BCUT2D eigenvalue weighted by Crippen LogP contribution is 2.25. The predicted molar refractivity (Wildman–Crippen MR) is 110 cm³/mol. The molecule has 1 aliphatic heterocycles. The first kappa shape index (κ1) is 19.0. The normalized spacial score (nSPS) is 16.0. The lowest BCUT2D eigenvalue weighted by Crippen LogP contribution is -2.49. The summed E-state index contributed by atoms with van der Waals surface area (Å²) in [6.45, 7) is 7.04. The molecular formula is C21H28N4O2. The highest BCUT2D eigenvalue weighted by molar-refractivity contribution is 5.98. The molecule has 6 heteroatoms. The molecule has 2 aromatic rings. The van der Waals surface area contributed by atoms with Crippen molar-refractivity contribution in [3.8, 4) is 0 Å². The molecule has 0 amide bonds. The second-order valence-corrected chi connectivity index (χ2v) is 6.93. The molecule has 6 nitrogen and oxygen atoms in total. The molecule has 0 spiro atoms. The number of nitrogens with one attached hydrogen (secondary N) is 1. The third-order valence-electron chi connectivity index (χ3n) is 4.92. The number of para-hydroxylation sites is 2. The second kappa shape index (κ2) is 8.77. The van der Waals surface area contributed by atoms with Crippen LogP contribution in [0.2, 0.25) is 0 Å². The Kier molecular flexibility index (Phi) is 6.19. The summed E-state index contributed by atoms with van der Waals surface area (Å²) in [4.78, 5) is 16.8. The highest BCUT2D eigenvalue weighted by atomic mass is 16.5. The highest BCUT2D eigenvalue weighted by Gasteiger charge is 2.20. The number of nitrogen functional groups attached to an aromatic ring is 1. The topological polar surface area (TPSA) is 70.8 Å². The molecule has 1 atom stereocenters. The fourth-order valence-corrected chi connectivity index (χ4v) is 3.52. The molecule has 3 rings (SSSR count). The second-order valence-electron chi connectivity index (χ2n) is 6.93. The Morgan fingerprint density at radius 3 is 2.48 bits per heavy atom. The molecule has 0 bridgehead atoms. The van der Waals surface area contributed by atoms with Crippen LogP contribution in [-0.4, -0.2) is 56.7 Å². The molecule has 1 fully saturated rings. The largest absolute Gasteiger partial charge is 0.465 e. The molecule has 3 N–H and O–H groups in total. The fraction of sp³-hybridized carbons (Fsp3) is 0.381. The minimum absolute atomic E-state index is 0.154. The van der Waals surface area contributed by atoms with E-state index in [1.807, 2.05) is 6.07 Å². The summed E-state index contributed by atoms with van der Waals surface area (Å²) < 4.78 is 4.87. The van der Waals surface area contributed by atoms with Crippen LogP contribution in [0.5, 0.6) is 0 Å². The Morgan fingerprint density at radius 2 is 1.81 bits per heavy atom. The summed E-state index contributed by atoms with van der Waals surface area (Å²) in [5, 5.41) is 3.40. The van der Waals surface area contributed by atoms with E-state index in [0.29, 0.717) is 16.9 Å². The van der Waals surface area contributed by atoms with E-state index in [4.69, 9.17) is 10.5 Å². The van der Waals surface area contributed by atoms with Gasteiger partial charge in [0.05, 0.1) is 24.0 Å². The lowest BCUT2D eigenvalue weighted by molar-refractivity contribution is 0.0602. The number of nitrogens with zero attached hydrogens (tertiary/aromatic N) is 2. The van der Waals surface area contributed by atoms with Crippen molar-refractivity contribution in [2.45, 2.75) is 13.0 Å². The Bertz CT molecular complexity index is 758. The van der Waals surface area contributed by atoms with Crippen molar-refractivity contribution >= 4 is 23.0 Å². The molecule has 2 aromatic carbocycles. The van der Waals surface area contributed by atoms with Crippen LogP contribution in [-0.2, 0) is 4.74 Å². The van der Waals surface area contributed by atoms with E-state index in [1.165, 1.54) is 12.8 Å². The maximum absolute atomic E-state index is 12.0. The average Bonchev–Trinajstić information content (AvgIpc) is 2.70. The van der Waals surface area contributed by atoms with Gasteiger partial charge in [-0.1, -0.05) is 24.3 Å². The lowest BCUT2D eigenvalue weighted by atomic mass is 10.1. The number of benzene rings is 2. The molecule has 1 heterocycles. The first-order valence-electron chi connectivity index (χ1n) is 9.34. The minimum atomic E-state index is -0.381. The summed E-state index contributed by atoms with van der Waals surface area (Å²) >= 11 is 0. The van der Waals surface area contributed by atoms with Crippen LogP contribution in [0.15, 0.2) is 48.5 Å². The predicted octanol–water partition coefficient (Wildman–Crippen LogP) is 2.68. The third kappa shape index (κ3) is 4.71. The summed E-state index contributed by atoms with van der Waals surface area (Å²) in [7, 11) is 1.38. The summed E-state index contributed by atoms with van der Waals surface area (Å²) in [5.41, 5.74) is 9.05. The molecule has 1 unspecified atom stereocenters. The Morgan fingerprint density at radius 1 is 1.11 bits per heavy atom. The summed E-state index contributed by atoms with van der Waals surface area (Å²) in [5.74, 6) is -0.381. The van der Waals surface area contributed by atoms with E-state index in [-0.39, 0.29) is 12.0 Å². The van der Waals surface area contributed by atoms with Crippen LogP contribution >= 0.6 is 0 Å². The monoisotopic (exact) mass is 368 g/mol. The zero-order valence-electron chi connectivity index (χ0n) is 16.0. The number of nitrogens with two attached hydrogens (primary N) is 1. The molecule has 144 valence electrons. The van der Waals surface area contributed by atoms with Gasteiger partial charge in [-0.3, -0.25) is 4.90 Å². The van der Waals surface area contributed by atoms with Crippen molar-refractivity contribution in [1.82, 2.24) is 4.90 Å². The zero-order valence-corrected chi connectivity index (χ0v) is 16.0. The smallest absolute Gasteiger partial charge is 0.340 e. The first-order valence-corrected chi connectivity index (χ1v) is 9.34. The standard InChI is InChI=1S/C21H28N4O2/c1-16(23-20-18(21(26)27-2)9-6-10-19(20)22)15-24-11-13-25(14-12-24)17-7-4-3-5-8-17/h3-10,16,23H,11-15,22H2,1-2H3. The molecular weight excluding hydrogens is 340 g/mol. The number of carbonyl (C=O) groups excluding carboxylic acids is 1. The van der Waals surface area contributed by atoms with Gasteiger partial charge < -0.3 is 20.7 Å². The number of rotatable bonds is 6. The Labute approximate surface area is 160 Å². The molecule has 0 saturated carbocycles. The number of hydrogen-bond donors (Lipinski definition) is 2. The van der Waals surface area contributed by atoms with Crippen molar-refractivity contribution in [3.05, 3.63) is 54.1 Å². The van der Waals surface area contributed by atoms with Crippen molar-refractivity contribution in [1.29, 1.82) is 0 Å². The van der Waals surface area contributed by atoms with Crippen LogP contribution < -0.4 is 16.0 Å². The number of ether oxygens (including phenoxy) is 1. The fourth-order valence-electron chi connectivity index (χ4n) is 3.52. The molecule has 0 aromatic heterocycles. The van der Waals surface area contributed by atoms with Gasteiger partial charge in [0.25, 0.3) is 0 Å². The average molecular weight is 368 g/mol. The van der Waals surface area contributed by atoms with E-state index < -0.39 is 0 Å². The number of hydrogen-bond acceptors (Lipinski definition) is 6. The lowest BCUT2D eigenvalue weighted by Gasteiger charge is -2.37. The molecule has 27 heavy (non-hydrogen) atoms. The number of anilines is 3. The van der Waals surface area contributed by atoms with Crippen LogP contribution in [0.3, 0.4) is 0 Å². The van der Waals surface area contributed by atoms with Crippen LogP contribution in [0.1, 0.15) is 17.3 Å². The zero-order chi connectivity index (χ0) is 19.2. The third-order valence-corrected chi connectivity index (χ3v) is 4.92. The maximum Gasteiger partial charge on any atom is 0.340 e. The number of methoxy groups -OCH3 is 1. The number of carbonyl (C=O) groups is 1. The van der Waals surface area contributed by atoms with Gasteiger partial charge in [-0.15, -0.1) is 0 Å². The Balaban J connectivity index is 1.57. The maximum atomic E-state index is 12.0. The van der Waals surface area contributed by atoms with Crippen LogP contribution in [0, 0.1) is 0 Å². The molecule has 0 aliphatic carbocycles. The van der Waals surface area contributed by atoms with E-state index in [9.17, 15) is 4.79 Å². The van der Waals surface area contributed by atoms with E-state index in [1.54, 1.807) is 18.2 Å². The number of esters is 1. The molecule has 1 aliphatic rings. The van der Waals surface area contributed by atoms with Gasteiger partial charge in [0.15, 0.2) is 0 Å². The van der Waals surface area contributed by atoms with Gasteiger partial charge >= 0.3 is 5.97 Å². The SMILES string of the molecule is COC(=O)c1cccc(N)c1NC(C)CN1CCN(c2ccccc2)CC1. The number of piperazine rings is 1. The van der Waals surface area contributed by atoms with Crippen LogP contribution in [0.4, 0.5) is 17.1 Å². The van der Waals surface area contributed by atoms with Crippen molar-refractivity contribution < 1.29 is 9.53 Å². The quantitative estimate of drug-likeness (QED) is 0.603. The van der Waals surface area contributed by atoms with Crippen LogP contribution in [0.25, 0.3) is 0 Å². The van der Waals surface area contributed by atoms with E-state index in [2.05, 4.69) is 46.3 Å².